The number of rotatable bonds is 6. The molecule has 0 spiro atoms. The number of imidazole rings is 1. The second-order valence-electron chi connectivity index (χ2n) is 7.46. The zero-order valence-electron chi connectivity index (χ0n) is 16.7. The van der Waals surface area contributed by atoms with Gasteiger partial charge in [0.1, 0.15) is 23.8 Å². The molecule has 0 saturated carbocycles. The predicted octanol–water partition coefficient (Wildman–Crippen LogP) is 5.18. The van der Waals surface area contributed by atoms with Crippen LogP contribution < -0.4 is 4.57 Å². The normalized spacial score (nSPS) is 12.2. The monoisotopic (exact) mass is 411 g/mol. The van der Waals surface area contributed by atoms with Crippen LogP contribution >= 0.6 is 0 Å². The molecule has 5 rings (SSSR count). The van der Waals surface area contributed by atoms with Crippen LogP contribution in [0.5, 0.6) is 0 Å². The number of hydrogen-bond acceptors (Lipinski definition) is 2. The van der Waals surface area contributed by atoms with E-state index in [2.05, 4.69) is 18.2 Å². The highest BCUT2D eigenvalue weighted by atomic mass is 19.1. The highest BCUT2D eigenvalue weighted by Crippen LogP contribution is 2.31. The van der Waals surface area contributed by atoms with Crippen molar-refractivity contribution in [3.63, 3.8) is 0 Å². The number of Topliss-reactive ketones (excluding diaryl/α,β-unsaturated/α-hetero) is 1. The fourth-order valence-electron chi connectivity index (χ4n) is 3.81. The minimum atomic E-state index is -0.355. The van der Waals surface area contributed by atoms with Crippen LogP contribution in [0.4, 0.5) is 4.39 Å². The van der Waals surface area contributed by atoms with Crippen LogP contribution in [-0.2, 0) is 6.54 Å². The number of benzene rings is 3. The number of nitrogens with zero attached hydrogens (tertiary/aromatic N) is 2. The van der Waals surface area contributed by atoms with Crippen molar-refractivity contribution in [3.8, 4) is 0 Å². The summed E-state index contributed by atoms with van der Waals surface area (Å²) < 4.78 is 23.2. The molecule has 0 N–H and O–H groups in total. The van der Waals surface area contributed by atoms with Crippen molar-refractivity contribution in [1.29, 1.82) is 0 Å². The first-order valence-electron chi connectivity index (χ1n) is 10.1. The van der Waals surface area contributed by atoms with Crippen molar-refractivity contribution >= 4 is 16.8 Å². The standard InChI is InChI=1S/C26H20FN2O2/c27-22-12-10-19(11-13-22)23(30)17-28-14-15-29(18-28)26(20-6-2-1-3-7-20)25-16-21-8-4-5-9-24(21)31-25/h1-16,18,26H,17H2/q+1. The molecule has 1 unspecified atom stereocenters. The quantitative estimate of drug-likeness (QED) is 0.285. The molecule has 0 fully saturated rings. The van der Waals surface area contributed by atoms with Crippen molar-refractivity contribution in [2.75, 3.05) is 0 Å². The molecule has 0 bridgehead atoms. The lowest BCUT2D eigenvalue weighted by Crippen LogP contribution is -2.36. The summed E-state index contributed by atoms with van der Waals surface area (Å²) in [5, 5.41) is 1.05. The van der Waals surface area contributed by atoms with Gasteiger partial charge in [-0.2, -0.15) is 0 Å². The first-order valence-corrected chi connectivity index (χ1v) is 10.1. The maximum Gasteiger partial charge on any atom is 0.245 e. The molecule has 5 heteroatoms. The van der Waals surface area contributed by atoms with Crippen molar-refractivity contribution in [2.45, 2.75) is 12.6 Å². The third-order valence-electron chi connectivity index (χ3n) is 5.33. The molecule has 5 aromatic rings. The summed E-state index contributed by atoms with van der Waals surface area (Å²) in [6.45, 7) is 0.167. The molecule has 0 aliphatic heterocycles. The Morgan fingerprint density at radius 2 is 1.71 bits per heavy atom. The highest BCUT2D eigenvalue weighted by molar-refractivity contribution is 5.94. The van der Waals surface area contributed by atoms with Crippen LogP contribution in [0.3, 0.4) is 0 Å². The molecular weight excluding hydrogens is 391 g/mol. The summed E-state index contributed by atoms with van der Waals surface area (Å²) in [7, 11) is 0. The largest absolute Gasteiger partial charge is 0.456 e. The van der Waals surface area contributed by atoms with Crippen molar-refractivity contribution in [2.24, 2.45) is 0 Å². The third kappa shape index (κ3) is 3.90. The summed E-state index contributed by atoms with van der Waals surface area (Å²) in [5.74, 6) is 0.384. The maximum atomic E-state index is 13.1. The summed E-state index contributed by atoms with van der Waals surface area (Å²) in [5.41, 5.74) is 2.40. The smallest absolute Gasteiger partial charge is 0.245 e. The van der Waals surface area contributed by atoms with Gasteiger partial charge in [0, 0.05) is 16.5 Å². The van der Waals surface area contributed by atoms with Crippen LogP contribution in [-0.4, -0.2) is 10.4 Å². The zero-order valence-corrected chi connectivity index (χ0v) is 16.7. The third-order valence-corrected chi connectivity index (χ3v) is 5.33. The molecule has 0 saturated heterocycles. The number of carbonyl (C=O) groups is 1. The van der Waals surface area contributed by atoms with Gasteiger partial charge < -0.3 is 4.42 Å². The summed E-state index contributed by atoms with van der Waals surface area (Å²) >= 11 is 0. The number of hydrogen-bond donors (Lipinski definition) is 0. The Morgan fingerprint density at radius 3 is 2.48 bits per heavy atom. The second-order valence-corrected chi connectivity index (χ2v) is 7.46. The van der Waals surface area contributed by atoms with Gasteiger partial charge in [0.2, 0.25) is 12.1 Å². The second kappa shape index (κ2) is 8.03. The minimum Gasteiger partial charge on any atom is -0.456 e. The summed E-state index contributed by atoms with van der Waals surface area (Å²) in [4.78, 5) is 12.6. The van der Waals surface area contributed by atoms with Crippen molar-refractivity contribution in [1.82, 2.24) is 4.57 Å². The molecule has 1 atom stereocenters. The van der Waals surface area contributed by atoms with Crippen molar-refractivity contribution in [3.05, 3.63) is 126 Å². The Bertz CT molecular complexity index is 1300. The minimum absolute atomic E-state index is 0.0808. The van der Waals surface area contributed by atoms with Gasteiger partial charge in [-0.3, -0.25) is 4.79 Å². The molecule has 31 heavy (non-hydrogen) atoms. The summed E-state index contributed by atoms with van der Waals surface area (Å²) in [6.07, 6.45) is 5.69. The lowest BCUT2D eigenvalue weighted by molar-refractivity contribution is -0.682. The molecule has 152 valence electrons. The van der Waals surface area contributed by atoms with Crippen LogP contribution in [0.2, 0.25) is 0 Å². The van der Waals surface area contributed by atoms with Gasteiger partial charge in [-0.05, 0) is 36.4 Å². The predicted molar refractivity (Wildman–Crippen MR) is 115 cm³/mol. The SMILES string of the molecule is O=C(C[n+]1ccn(C(c2ccccc2)c2cc3ccccc3o2)c1)c1ccc(F)cc1. The molecule has 0 aliphatic carbocycles. The van der Waals surface area contributed by atoms with Gasteiger partial charge in [-0.25, -0.2) is 13.5 Å². The van der Waals surface area contributed by atoms with Gasteiger partial charge >= 0.3 is 0 Å². The van der Waals surface area contributed by atoms with E-state index < -0.39 is 0 Å². The van der Waals surface area contributed by atoms with Gasteiger partial charge in [0.25, 0.3) is 0 Å². The number of para-hydroxylation sites is 1. The highest BCUT2D eigenvalue weighted by Gasteiger charge is 2.26. The van der Waals surface area contributed by atoms with Crippen molar-refractivity contribution < 1.29 is 18.2 Å². The Balaban J connectivity index is 1.48. The molecule has 3 aromatic carbocycles. The van der Waals surface area contributed by atoms with E-state index >= 15 is 0 Å². The molecule has 0 radical (unpaired) electrons. The van der Waals surface area contributed by atoms with E-state index in [-0.39, 0.29) is 24.2 Å². The van der Waals surface area contributed by atoms with E-state index in [9.17, 15) is 9.18 Å². The van der Waals surface area contributed by atoms with Crippen LogP contribution in [0.25, 0.3) is 11.0 Å². The van der Waals surface area contributed by atoms with E-state index in [1.54, 1.807) is 0 Å². The lowest BCUT2D eigenvalue weighted by Gasteiger charge is -2.11. The maximum absolute atomic E-state index is 13.1. The average Bonchev–Trinajstić information content (AvgIpc) is 3.42. The molecule has 0 amide bonds. The number of ketones is 1. The number of carbonyl (C=O) groups excluding carboxylic acids is 1. The Kier molecular flexibility index (Phi) is 4.92. The first-order chi connectivity index (χ1) is 15.2. The average molecular weight is 411 g/mol. The van der Waals surface area contributed by atoms with E-state index in [1.807, 2.05) is 70.3 Å². The Morgan fingerprint density at radius 1 is 0.968 bits per heavy atom. The molecule has 0 aliphatic rings. The number of fused-ring (bicyclic) bond motifs is 1. The van der Waals surface area contributed by atoms with Crippen LogP contribution in [0, 0.1) is 5.82 Å². The Hall–Kier alpha value is -3.99. The van der Waals surface area contributed by atoms with E-state index in [0.717, 1.165) is 22.3 Å². The van der Waals surface area contributed by atoms with Crippen LogP contribution in [0.1, 0.15) is 27.7 Å². The number of aromatic nitrogens is 2. The molecule has 2 heterocycles. The zero-order chi connectivity index (χ0) is 21.2. The molecule has 4 nitrogen and oxygen atoms in total. The Labute approximate surface area is 178 Å². The number of halogens is 1. The summed E-state index contributed by atoms with van der Waals surface area (Å²) in [6, 6.07) is 25.5. The van der Waals surface area contributed by atoms with E-state index in [0.29, 0.717) is 5.56 Å². The van der Waals surface area contributed by atoms with Crippen LogP contribution in [0.15, 0.2) is 108 Å². The number of furan rings is 1. The lowest BCUT2D eigenvalue weighted by atomic mass is 10.0. The first kappa shape index (κ1) is 19.0. The van der Waals surface area contributed by atoms with Gasteiger partial charge in [-0.15, -0.1) is 0 Å². The fourth-order valence-corrected chi connectivity index (χ4v) is 3.81. The molecule has 2 aromatic heterocycles. The van der Waals surface area contributed by atoms with Gasteiger partial charge in [0.15, 0.2) is 18.3 Å². The van der Waals surface area contributed by atoms with E-state index in [1.165, 1.54) is 24.3 Å². The fraction of sp³-hybridized carbons (Fsp3) is 0.0769. The van der Waals surface area contributed by atoms with Gasteiger partial charge in [-0.1, -0.05) is 48.5 Å². The molecular formula is C26H20FN2O2+. The van der Waals surface area contributed by atoms with E-state index in [4.69, 9.17) is 4.42 Å². The van der Waals surface area contributed by atoms with Gasteiger partial charge in [0.05, 0.1) is 0 Å². The topological polar surface area (TPSA) is 39.0 Å².